The molecule has 0 saturated carbocycles. The lowest BCUT2D eigenvalue weighted by Crippen LogP contribution is -2.45. The van der Waals surface area contributed by atoms with Crippen LogP contribution in [0.3, 0.4) is 0 Å². The van der Waals surface area contributed by atoms with E-state index < -0.39 is 0 Å². The van der Waals surface area contributed by atoms with Crippen LogP contribution in [0.25, 0.3) is 22.2 Å². The Morgan fingerprint density at radius 1 is 0.878 bits per heavy atom. The summed E-state index contributed by atoms with van der Waals surface area (Å²) in [5, 5.41) is 13.6. The number of rotatable bonds is 7. The van der Waals surface area contributed by atoms with Crippen LogP contribution in [0.1, 0.15) is 25.1 Å². The van der Waals surface area contributed by atoms with Crippen molar-refractivity contribution in [3.8, 4) is 28.7 Å². The molecule has 9 nitrogen and oxygen atoms in total. The van der Waals surface area contributed by atoms with Crippen LogP contribution in [0.15, 0.2) is 24.4 Å². The summed E-state index contributed by atoms with van der Waals surface area (Å²) >= 11 is 13.4. The maximum atomic E-state index is 9.63. The van der Waals surface area contributed by atoms with Gasteiger partial charge in [0.1, 0.15) is 23.1 Å². The second kappa shape index (κ2) is 15.0. The number of likely N-dealkylation sites (N-methyl/N-ethyl adjacent to an activating group) is 2. The molecule has 220 valence electrons. The highest BCUT2D eigenvalue weighted by Crippen LogP contribution is 2.47. The van der Waals surface area contributed by atoms with Crippen molar-refractivity contribution in [2.45, 2.75) is 20.4 Å². The minimum atomic E-state index is 0.345. The molecule has 2 aliphatic heterocycles. The fourth-order valence-corrected chi connectivity index (χ4v) is 5.85. The number of fused-ring (bicyclic) bond motifs is 1. The van der Waals surface area contributed by atoms with Crippen molar-refractivity contribution >= 4 is 34.2 Å². The minimum absolute atomic E-state index is 0.345. The molecule has 5 rings (SSSR count). The fourth-order valence-electron chi connectivity index (χ4n) is 5.15. The summed E-state index contributed by atoms with van der Waals surface area (Å²) in [7, 11) is 3.07. The molecule has 3 aromatic rings. The first-order valence-electron chi connectivity index (χ1n) is 14.1. The van der Waals surface area contributed by atoms with Gasteiger partial charge < -0.3 is 24.6 Å². The van der Waals surface area contributed by atoms with Gasteiger partial charge in [0.2, 0.25) is 0 Å². The third-order valence-corrected chi connectivity index (χ3v) is 8.42. The van der Waals surface area contributed by atoms with Gasteiger partial charge in [-0.3, -0.25) is 9.88 Å². The molecule has 41 heavy (non-hydrogen) atoms. The molecule has 1 N–H and O–H groups in total. The quantitative estimate of drug-likeness (QED) is 0.420. The monoisotopic (exact) mass is 599 g/mol. The Morgan fingerprint density at radius 3 is 2.00 bits per heavy atom. The number of methoxy groups -OCH3 is 2. The van der Waals surface area contributed by atoms with Crippen molar-refractivity contribution < 1.29 is 9.47 Å². The number of ether oxygens (including phenoxy) is 2. The van der Waals surface area contributed by atoms with Crippen LogP contribution >= 0.6 is 23.2 Å². The fraction of sp³-hybridized carbons (Fsp3) is 0.500. The number of hydrogen-bond acceptors (Lipinski definition) is 9. The van der Waals surface area contributed by atoms with Crippen LogP contribution in [0.5, 0.6) is 11.5 Å². The topological polar surface area (TPSA) is 89.8 Å². The van der Waals surface area contributed by atoms with Crippen molar-refractivity contribution in [1.29, 1.82) is 5.26 Å². The molecule has 2 saturated heterocycles. The van der Waals surface area contributed by atoms with E-state index in [-0.39, 0.29) is 0 Å². The van der Waals surface area contributed by atoms with Gasteiger partial charge in [0.25, 0.3) is 0 Å². The van der Waals surface area contributed by atoms with Crippen LogP contribution in [-0.2, 0) is 6.54 Å². The number of halogens is 2. The van der Waals surface area contributed by atoms with Crippen molar-refractivity contribution in [1.82, 2.24) is 30.0 Å². The van der Waals surface area contributed by atoms with Crippen molar-refractivity contribution in [2.24, 2.45) is 0 Å². The smallest absolute Gasteiger partial charge is 0.141 e. The summed E-state index contributed by atoms with van der Waals surface area (Å²) in [5.41, 5.74) is 3.53. The molecule has 0 atom stereocenters. The Kier molecular flexibility index (Phi) is 11.4. The summed E-state index contributed by atoms with van der Waals surface area (Å²) < 4.78 is 10.9. The minimum Gasteiger partial charge on any atom is -0.495 e. The van der Waals surface area contributed by atoms with E-state index in [1.165, 1.54) is 46.9 Å². The predicted octanol–water partition coefficient (Wildman–Crippen LogP) is 4.54. The molecule has 0 amide bonds. The SMILES string of the molecule is CCN1CCN(Cc2cnc3c(C#N)ccc(-c4c(Cl)c(OC)cc(OC)c4Cl)c3n2)CC1.CCN1CCNCC1. The molecule has 2 fully saturated rings. The van der Waals surface area contributed by atoms with E-state index in [0.29, 0.717) is 55.8 Å². The number of piperazine rings is 2. The Morgan fingerprint density at radius 2 is 1.46 bits per heavy atom. The van der Waals surface area contributed by atoms with E-state index in [1.54, 1.807) is 24.4 Å². The lowest BCUT2D eigenvalue weighted by molar-refractivity contribution is 0.131. The zero-order chi connectivity index (χ0) is 29.4. The Hall–Kier alpha value is -2.71. The van der Waals surface area contributed by atoms with E-state index in [9.17, 15) is 5.26 Å². The summed E-state index contributed by atoms with van der Waals surface area (Å²) in [6.45, 7) is 16.2. The van der Waals surface area contributed by atoms with Crippen LogP contribution < -0.4 is 14.8 Å². The Balaban J connectivity index is 0.000000417. The molecule has 11 heteroatoms. The standard InChI is InChI=1S/C24H25Cl2N5O2.C6H14N2/c1-4-30-7-9-31(10-8-30)14-16-13-28-23-15(12-27)5-6-17(24(23)29-16)20-21(25)18(32-2)11-19(33-3)22(20)26;1-2-8-5-3-7-4-6-8/h5-6,11,13H,4,7-10,14H2,1-3H3;7H,2-6H2,1H3. The lowest BCUT2D eigenvalue weighted by atomic mass is 10.00. The van der Waals surface area contributed by atoms with Gasteiger partial charge in [0.05, 0.1) is 47.2 Å². The van der Waals surface area contributed by atoms with E-state index in [2.05, 4.69) is 44.9 Å². The molecule has 0 unspecified atom stereocenters. The van der Waals surface area contributed by atoms with Crippen LogP contribution in [0.2, 0.25) is 10.0 Å². The zero-order valence-corrected chi connectivity index (χ0v) is 25.9. The average Bonchev–Trinajstić information content (AvgIpc) is 3.02. The van der Waals surface area contributed by atoms with Gasteiger partial charge in [-0.15, -0.1) is 0 Å². The highest BCUT2D eigenvalue weighted by Gasteiger charge is 2.23. The van der Waals surface area contributed by atoms with E-state index >= 15 is 0 Å². The number of benzene rings is 2. The summed E-state index contributed by atoms with van der Waals surface area (Å²) in [4.78, 5) is 16.8. The molecule has 0 bridgehead atoms. The number of nitriles is 1. The van der Waals surface area contributed by atoms with Crippen LogP contribution in [0, 0.1) is 11.3 Å². The second-order valence-electron chi connectivity index (χ2n) is 10.0. The maximum absolute atomic E-state index is 9.63. The Labute approximate surface area is 252 Å². The van der Waals surface area contributed by atoms with Gasteiger partial charge in [0.15, 0.2) is 0 Å². The predicted molar refractivity (Wildman–Crippen MR) is 165 cm³/mol. The first-order chi connectivity index (χ1) is 19.9. The summed E-state index contributed by atoms with van der Waals surface area (Å²) in [6.07, 6.45) is 1.74. The van der Waals surface area contributed by atoms with Crippen LogP contribution in [0.4, 0.5) is 0 Å². The summed E-state index contributed by atoms with van der Waals surface area (Å²) in [5.74, 6) is 0.867. The van der Waals surface area contributed by atoms with Crippen molar-refractivity contribution in [2.75, 3.05) is 79.7 Å². The molecule has 0 spiro atoms. The molecular formula is C30H39Cl2N7O2. The molecule has 3 heterocycles. The van der Waals surface area contributed by atoms with Crippen LogP contribution in [-0.4, -0.2) is 104 Å². The molecule has 1 aromatic heterocycles. The second-order valence-corrected chi connectivity index (χ2v) is 10.8. The average molecular weight is 601 g/mol. The molecular weight excluding hydrogens is 561 g/mol. The maximum Gasteiger partial charge on any atom is 0.141 e. The zero-order valence-electron chi connectivity index (χ0n) is 24.3. The third kappa shape index (κ3) is 7.39. The highest BCUT2D eigenvalue weighted by atomic mass is 35.5. The van der Waals surface area contributed by atoms with Gasteiger partial charge in [-0.1, -0.05) is 43.1 Å². The van der Waals surface area contributed by atoms with E-state index in [1.807, 2.05) is 0 Å². The number of nitrogens with zero attached hydrogens (tertiary/aromatic N) is 6. The largest absolute Gasteiger partial charge is 0.495 e. The third-order valence-electron chi connectivity index (χ3n) is 7.67. The molecule has 0 radical (unpaired) electrons. The Bertz CT molecular complexity index is 1340. The first-order valence-corrected chi connectivity index (χ1v) is 14.9. The van der Waals surface area contributed by atoms with Gasteiger partial charge in [-0.25, -0.2) is 4.98 Å². The lowest BCUT2D eigenvalue weighted by Gasteiger charge is -2.33. The normalized spacial score (nSPS) is 16.6. The summed E-state index contributed by atoms with van der Waals surface area (Å²) in [6, 6.07) is 7.35. The van der Waals surface area contributed by atoms with Gasteiger partial charge in [-0.2, -0.15) is 5.26 Å². The van der Waals surface area contributed by atoms with Gasteiger partial charge in [0, 0.05) is 76.1 Å². The molecule has 2 aromatic carbocycles. The number of aromatic nitrogens is 2. The van der Waals surface area contributed by atoms with Gasteiger partial charge in [-0.05, 0) is 19.2 Å². The first kappa shape index (κ1) is 31.2. The molecule has 0 aliphatic carbocycles. The molecule has 2 aliphatic rings. The van der Waals surface area contributed by atoms with Gasteiger partial charge >= 0.3 is 0 Å². The number of nitrogens with one attached hydrogen (secondary N) is 1. The van der Waals surface area contributed by atoms with Crippen molar-refractivity contribution in [3.63, 3.8) is 0 Å². The number of hydrogen-bond donors (Lipinski definition) is 1. The van der Waals surface area contributed by atoms with E-state index in [4.69, 9.17) is 37.7 Å². The van der Waals surface area contributed by atoms with E-state index in [0.717, 1.165) is 38.4 Å². The highest BCUT2D eigenvalue weighted by molar-refractivity contribution is 6.41. The van der Waals surface area contributed by atoms with Crippen molar-refractivity contribution in [3.05, 3.63) is 45.7 Å².